The van der Waals surface area contributed by atoms with Gasteiger partial charge in [-0.05, 0) is 161 Å². The average molecular weight is 1010 g/mol. The van der Waals surface area contributed by atoms with E-state index in [0.717, 1.165) is 117 Å². The van der Waals surface area contributed by atoms with Crippen molar-refractivity contribution in [1.82, 2.24) is 23.7 Å². The van der Waals surface area contributed by atoms with Crippen molar-refractivity contribution in [3.8, 4) is 68.3 Å². The third kappa shape index (κ3) is 6.05. The largest absolute Gasteiger partial charge is 0.457 e. The van der Waals surface area contributed by atoms with E-state index >= 15 is 0 Å². The Bertz CT molecular complexity index is 5030. The van der Waals surface area contributed by atoms with Crippen LogP contribution in [0.25, 0.3) is 116 Å². The molecule has 0 amide bonds. The minimum Gasteiger partial charge on any atom is -0.457 e. The highest BCUT2D eigenvalue weighted by atomic mass is 16.5. The number of fused-ring (bicyclic) bond motifs is 18. The number of ether oxygens (including phenoxy) is 1. The fourth-order valence-electron chi connectivity index (χ4n) is 13.5. The van der Waals surface area contributed by atoms with Crippen LogP contribution in [-0.2, 0) is 5.41 Å². The number of nitriles is 1. The third-order valence-corrected chi connectivity index (χ3v) is 16.8. The van der Waals surface area contributed by atoms with Crippen molar-refractivity contribution in [3.63, 3.8) is 0 Å². The zero-order valence-electron chi connectivity index (χ0n) is 42.3. The summed E-state index contributed by atoms with van der Waals surface area (Å²) in [5, 5.41) is 17.0. The lowest BCUT2D eigenvalue weighted by Gasteiger charge is -2.39. The van der Waals surface area contributed by atoms with Crippen molar-refractivity contribution in [2.24, 2.45) is 0 Å². The molecule has 7 heteroatoms. The minimum atomic E-state index is -0.783. The standard InChI is InChI=1S/C72H42N6O/c73-43-44-22-32-65-55(38-44)57-40-45(24-34-67(57)76(65)49-12-2-1-3-13-49)47-26-35-68-61(41-47)72(59-17-10-36-74-70(59)71-60(72)18-11-37-75-71)58-31-23-48(42-69(58)79-68)46-25-33-66-56(39-46)54-16-6-9-21-64(54)78(66)51-29-27-50(28-30-51)77-62-19-7-4-14-52(62)53-15-5-8-20-63(53)77/h1-42H. The first kappa shape index (κ1) is 43.4. The normalized spacial score (nSPS) is 13.0. The van der Waals surface area contributed by atoms with Crippen molar-refractivity contribution < 1.29 is 4.74 Å². The van der Waals surface area contributed by atoms with Gasteiger partial charge in [-0.25, -0.2) is 0 Å². The molecule has 0 radical (unpaired) electrons. The summed E-state index contributed by atoms with van der Waals surface area (Å²) in [4.78, 5) is 10.1. The summed E-state index contributed by atoms with van der Waals surface area (Å²) in [6.07, 6.45) is 3.73. The van der Waals surface area contributed by atoms with Crippen molar-refractivity contribution >= 4 is 65.4 Å². The number of pyridine rings is 2. The van der Waals surface area contributed by atoms with Crippen LogP contribution in [0.5, 0.6) is 11.5 Å². The quantitative estimate of drug-likeness (QED) is 0.172. The number of nitrogens with zero attached hydrogens (tertiary/aromatic N) is 6. The highest BCUT2D eigenvalue weighted by molar-refractivity contribution is 6.13. The lowest BCUT2D eigenvalue weighted by molar-refractivity contribution is 0.436. The summed E-state index contributed by atoms with van der Waals surface area (Å²) in [5.74, 6) is 1.57. The Hall–Kier alpha value is -10.8. The first-order valence-corrected chi connectivity index (χ1v) is 26.7. The number of aromatic nitrogens is 5. The lowest BCUT2D eigenvalue weighted by Crippen LogP contribution is -2.32. The molecule has 2 aliphatic rings. The maximum atomic E-state index is 10.0. The molecule has 0 saturated carbocycles. The fraction of sp³-hybridized carbons (Fsp3) is 0.0139. The molecule has 6 heterocycles. The molecule has 366 valence electrons. The van der Waals surface area contributed by atoms with Gasteiger partial charge in [0, 0.05) is 72.9 Å². The number of para-hydroxylation sites is 4. The molecule has 0 atom stereocenters. The van der Waals surface area contributed by atoms with Crippen molar-refractivity contribution in [2.75, 3.05) is 0 Å². The highest BCUT2D eigenvalue weighted by Gasteiger charge is 2.52. The molecular weight excluding hydrogens is 965 g/mol. The Morgan fingerprint density at radius 1 is 0.329 bits per heavy atom. The Morgan fingerprint density at radius 3 is 1.35 bits per heavy atom. The van der Waals surface area contributed by atoms with Gasteiger partial charge in [0.1, 0.15) is 11.5 Å². The van der Waals surface area contributed by atoms with E-state index in [1.807, 2.05) is 42.7 Å². The van der Waals surface area contributed by atoms with E-state index in [1.165, 1.54) is 32.6 Å². The van der Waals surface area contributed by atoms with Crippen molar-refractivity contribution in [2.45, 2.75) is 5.41 Å². The van der Waals surface area contributed by atoms with E-state index < -0.39 is 5.41 Å². The summed E-state index contributed by atoms with van der Waals surface area (Å²) < 4.78 is 14.2. The molecule has 1 aliphatic carbocycles. The summed E-state index contributed by atoms with van der Waals surface area (Å²) in [7, 11) is 0. The van der Waals surface area contributed by atoms with Gasteiger partial charge in [-0.2, -0.15) is 5.26 Å². The first-order valence-electron chi connectivity index (χ1n) is 26.7. The number of hydrogen-bond donors (Lipinski definition) is 0. The molecule has 1 aliphatic heterocycles. The third-order valence-electron chi connectivity index (χ3n) is 16.8. The summed E-state index contributed by atoms with van der Waals surface area (Å²) in [5.41, 5.74) is 20.2. The van der Waals surface area contributed by atoms with Crippen LogP contribution < -0.4 is 4.74 Å². The second kappa shape index (κ2) is 16.3. The van der Waals surface area contributed by atoms with Gasteiger partial charge < -0.3 is 18.4 Å². The second-order valence-electron chi connectivity index (χ2n) is 20.8. The van der Waals surface area contributed by atoms with Crippen LogP contribution in [0.15, 0.2) is 255 Å². The molecule has 79 heavy (non-hydrogen) atoms. The highest BCUT2D eigenvalue weighted by Crippen LogP contribution is 2.62. The average Bonchev–Trinajstić information content (AvgIpc) is 4.42. The molecule has 1 spiro atoms. The van der Waals surface area contributed by atoms with Gasteiger partial charge in [-0.3, -0.25) is 9.97 Å². The molecule has 0 fully saturated rings. The molecule has 17 rings (SSSR count). The van der Waals surface area contributed by atoms with E-state index in [-0.39, 0.29) is 0 Å². The maximum Gasteiger partial charge on any atom is 0.132 e. The van der Waals surface area contributed by atoms with Crippen LogP contribution in [0, 0.1) is 11.3 Å². The van der Waals surface area contributed by atoms with E-state index in [9.17, 15) is 5.26 Å². The number of benzene rings is 10. The van der Waals surface area contributed by atoms with Gasteiger partial charge in [0.25, 0.3) is 0 Å². The molecule has 0 bridgehead atoms. The SMILES string of the molecule is N#Cc1ccc2c(c1)c1cc(-c3ccc4c(c3)C3(c5ccc(-c6ccc7c(c6)c6ccccc6n7-c6ccc(-n7c8ccccc8c8ccccc87)cc6)cc5O4)c4cccnc4-c4ncccc43)ccc1n2-c1ccccc1. The predicted octanol–water partition coefficient (Wildman–Crippen LogP) is 17.4. The zero-order valence-corrected chi connectivity index (χ0v) is 42.3. The topological polar surface area (TPSA) is 73.6 Å². The molecule has 0 unspecified atom stereocenters. The minimum absolute atomic E-state index is 0.628. The van der Waals surface area contributed by atoms with E-state index in [4.69, 9.17) is 14.7 Å². The molecular formula is C72H42N6O. The first-order chi connectivity index (χ1) is 39.1. The van der Waals surface area contributed by atoms with Crippen LogP contribution in [-0.4, -0.2) is 23.7 Å². The van der Waals surface area contributed by atoms with Gasteiger partial charge in [0.05, 0.1) is 61.5 Å². The van der Waals surface area contributed by atoms with E-state index in [2.05, 4.69) is 232 Å². The Balaban J connectivity index is 0.797. The van der Waals surface area contributed by atoms with Gasteiger partial charge in [-0.1, -0.05) is 115 Å². The van der Waals surface area contributed by atoms with E-state index in [0.29, 0.717) is 5.56 Å². The Kier molecular flexibility index (Phi) is 8.99. The molecule has 0 saturated heterocycles. The van der Waals surface area contributed by atoms with Gasteiger partial charge in [0.15, 0.2) is 0 Å². The Labute approximate surface area is 453 Å². The maximum absolute atomic E-state index is 10.0. The molecule has 5 aromatic heterocycles. The second-order valence-corrected chi connectivity index (χ2v) is 20.8. The fourth-order valence-corrected chi connectivity index (χ4v) is 13.5. The summed E-state index contributed by atoms with van der Waals surface area (Å²) in [6, 6.07) is 89.2. The van der Waals surface area contributed by atoms with Crippen LogP contribution in [0.3, 0.4) is 0 Å². The predicted molar refractivity (Wildman–Crippen MR) is 318 cm³/mol. The summed E-state index contributed by atoms with van der Waals surface area (Å²) in [6.45, 7) is 0. The molecule has 0 N–H and O–H groups in total. The van der Waals surface area contributed by atoms with Gasteiger partial charge in [-0.15, -0.1) is 0 Å². The summed E-state index contributed by atoms with van der Waals surface area (Å²) >= 11 is 0. The van der Waals surface area contributed by atoms with Crippen molar-refractivity contribution in [3.05, 3.63) is 283 Å². The zero-order chi connectivity index (χ0) is 51.9. The van der Waals surface area contributed by atoms with Crippen molar-refractivity contribution in [1.29, 1.82) is 5.26 Å². The van der Waals surface area contributed by atoms with E-state index in [1.54, 1.807) is 0 Å². The number of rotatable bonds is 5. The van der Waals surface area contributed by atoms with Crippen LogP contribution in [0.2, 0.25) is 0 Å². The number of hydrogen-bond acceptors (Lipinski definition) is 4. The molecule has 15 aromatic rings. The lowest BCUT2D eigenvalue weighted by atomic mass is 9.66. The Morgan fingerprint density at radius 2 is 0.772 bits per heavy atom. The molecule has 7 nitrogen and oxygen atoms in total. The molecule has 10 aromatic carbocycles. The van der Waals surface area contributed by atoms with Crippen LogP contribution in [0.1, 0.15) is 27.8 Å². The van der Waals surface area contributed by atoms with Gasteiger partial charge >= 0.3 is 0 Å². The van der Waals surface area contributed by atoms with Gasteiger partial charge in [0.2, 0.25) is 0 Å². The smallest absolute Gasteiger partial charge is 0.132 e. The van der Waals surface area contributed by atoms with Crippen LogP contribution >= 0.6 is 0 Å². The van der Waals surface area contributed by atoms with Crippen LogP contribution in [0.4, 0.5) is 0 Å². The monoisotopic (exact) mass is 1010 g/mol.